The number of Topliss-reactive ketones (excluding diaryl/α,β-unsaturated/α-hetero) is 1. The van der Waals surface area contributed by atoms with Gasteiger partial charge in [0.15, 0.2) is 5.78 Å². The molecule has 0 heterocycles. The van der Waals surface area contributed by atoms with Gasteiger partial charge in [-0.25, -0.2) is 0 Å². The van der Waals surface area contributed by atoms with Crippen molar-refractivity contribution in [2.75, 3.05) is 0 Å². The number of fused-ring (bicyclic) bond motifs is 1. The Morgan fingerprint density at radius 2 is 2.08 bits per heavy atom. The van der Waals surface area contributed by atoms with Crippen LogP contribution in [0.3, 0.4) is 0 Å². The predicted octanol–water partition coefficient (Wildman–Crippen LogP) is 2.89. The van der Waals surface area contributed by atoms with Gasteiger partial charge in [-0.3, -0.25) is 4.79 Å². The molecule has 1 aliphatic rings. The van der Waals surface area contributed by atoms with Gasteiger partial charge in [-0.2, -0.15) is 0 Å². The molecule has 0 atom stereocenters. The zero-order valence-corrected chi connectivity index (χ0v) is 8.44. The van der Waals surface area contributed by atoms with Crippen LogP contribution in [0.4, 0.5) is 0 Å². The topological polar surface area (TPSA) is 17.1 Å². The highest BCUT2D eigenvalue weighted by molar-refractivity contribution is 9.10. The predicted molar refractivity (Wildman–Crippen MR) is 51.5 cm³/mol. The lowest BCUT2D eigenvalue weighted by Crippen LogP contribution is -1.92. The normalized spacial score (nSPS) is 15.0. The lowest BCUT2D eigenvalue weighted by molar-refractivity contribution is 0.0994. The van der Waals surface area contributed by atoms with E-state index in [2.05, 4.69) is 22.0 Å². The van der Waals surface area contributed by atoms with E-state index < -0.39 is 0 Å². The molecule has 0 saturated heterocycles. The summed E-state index contributed by atoms with van der Waals surface area (Å²) in [6.07, 6.45) is 1.58. The third-order valence-corrected chi connectivity index (χ3v) is 2.95. The second-order valence-corrected chi connectivity index (χ2v) is 4.05. The average Bonchev–Trinajstić information content (AvgIpc) is 2.33. The largest absolute Gasteiger partial charge is 0.294 e. The van der Waals surface area contributed by atoms with E-state index in [1.54, 1.807) is 0 Å². The van der Waals surface area contributed by atoms with Crippen molar-refractivity contribution in [2.45, 2.75) is 19.8 Å². The molecule has 0 amide bonds. The first-order chi connectivity index (χ1) is 5.68. The zero-order chi connectivity index (χ0) is 8.72. The highest BCUT2D eigenvalue weighted by atomic mass is 79.9. The summed E-state index contributed by atoms with van der Waals surface area (Å²) in [5.41, 5.74) is 3.25. The minimum atomic E-state index is 0.286. The molecule has 1 aromatic rings. The monoisotopic (exact) mass is 224 g/mol. The zero-order valence-electron chi connectivity index (χ0n) is 6.86. The maximum Gasteiger partial charge on any atom is 0.163 e. The van der Waals surface area contributed by atoms with Crippen LogP contribution in [-0.2, 0) is 6.42 Å². The van der Waals surface area contributed by atoms with Gasteiger partial charge in [-0.05, 0) is 36.6 Å². The van der Waals surface area contributed by atoms with E-state index in [0.29, 0.717) is 6.42 Å². The Morgan fingerprint density at radius 3 is 2.83 bits per heavy atom. The summed E-state index contributed by atoms with van der Waals surface area (Å²) in [6, 6.07) is 4.05. The van der Waals surface area contributed by atoms with E-state index in [1.165, 1.54) is 5.56 Å². The molecule has 0 aromatic heterocycles. The molecule has 1 nitrogen and oxygen atoms in total. The van der Waals surface area contributed by atoms with Crippen LogP contribution in [0.25, 0.3) is 0 Å². The summed E-state index contributed by atoms with van der Waals surface area (Å²) in [5, 5.41) is 0. The summed E-state index contributed by atoms with van der Waals surface area (Å²) in [5.74, 6) is 0.286. The molecule has 12 heavy (non-hydrogen) atoms. The summed E-state index contributed by atoms with van der Waals surface area (Å²) in [7, 11) is 0. The Morgan fingerprint density at radius 1 is 1.33 bits per heavy atom. The van der Waals surface area contributed by atoms with Crippen molar-refractivity contribution in [3.8, 4) is 0 Å². The highest BCUT2D eigenvalue weighted by Gasteiger charge is 2.21. The van der Waals surface area contributed by atoms with Crippen molar-refractivity contribution in [1.82, 2.24) is 0 Å². The fourth-order valence-electron chi connectivity index (χ4n) is 1.65. The van der Waals surface area contributed by atoms with Gasteiger partial charge in [0, 0.05) is 16.5 Å². The van der Waals surface area contributed by atoms with Crippen molar-refractivity contribution in [1.29, 1.82) is 0 Å². The first kappa shape index (κ1) is 7.99. The number of ketones is 1. The van der Waals surface area contributed by atoms with E-state index in [0.717, 1.165) is 22.0 Å². The first-order valence-electron chi connectivity index (χ1n) is 4.00. The molecule has 0 saturated carbocycles. The van der Waals surface area contributed by atoms with E-state index in [-0.39, 0.29) is 5.78 Å². The third kappa shape index (κ3) is 1.11. The van der Waals surface area contributed by atoms with Gasteiger partial charge >= 0.3 is 0 Å². The van der Waals surface area contributed by atoms with Crippen molar-refractivity contribution in [3.63, 3.8) is 0 Å². The maximum atomic E-state index is 11.3. The number of hydrogen-bond acceptors (Lipinski definition) is 1. The summed E-state index contributed by atoms with van der Waals surface area (Å²) < 4.78 is 1.09. The molecule has 0 spiro atoms. The van der Waals surface area contributed by atoms with Crippen LogP contribution < -0.4 is 0 Å². The third-order valence-electron chi connectivity index (χ3n) is 2.24. The molecule has 0 unspecified atom stereocenters. The van der Waals surface area contributed by atoms with Gasteiger partial charge in [-0.15, -0.1) is 0 Å². The number of halogens is 1. The Bertz CT molecular complexity index is 355. The highest BCUT2D eigenvalue weighted by Crippen LogP contribution is 2.30. The first-order valence-corrected chi connectivity index (χ1v) is 4.80. The molecule has 0 N–H and O–H groups in total. The maximum absolute atomic E-state index is 11.3. The summed E-state index contributed by atoms with van der Waals surface area (Å²) >= 11 is 3.47. The molecule has 1 aromatic carbocycles. The number of hydrogen-bond donors (Lipinski definition) is 0. The molecular weight excluding hydrogens is 216 g/mol. The number of benzene rings is 1. The Hall–Kier alpha value is -0.630. The molecule has 2 rings (SSSR count). The second-order valence-electron chi connectivity index (χ2n) is 3.20. The SMILES string of the molecule is Cc1cc(Br)c2c(c1)C(=O)CC2. The number of carbonyl (C=O) groups excluding carboxylic acids is 1. The molecule has 0 radical (unpaired) electrons. The van der Waals surface area contributed by atoms with Crippen molar-refractivity contribution in [2.24, 2.45) is 0 Å². The average molecular weight is 225 g/mol. The standard InChI is InChI=1S/C10H9BrO/c1-6-4-8-7(9(11)5-6)2-3-10(8)12/h4-5H,2-3H2,1H3. The number of rotatable bonds is 0. The van der Waals surface area contributed by atoms with Gasteiger partial charge < -0.3 is 0 Å². The van der Waals surface area contributed by atoms with Crippen LogP contribution >= 0.6 is 15.9 Å². The van der Waals surface area contributed by atoms with E-state index in [9.17, 15) is 4.79 Å². The van der Waals surface area contributed by atoms with Gasteiger partial charge in [0.1, 0.15) is 0 Å². The molecule has 2 heteroatoms. The number of carbonyl (C=O) groups is 1. The summed E-state index contributed by atoms with van der Waals surface area (Å²) in [4.78, 5) is 11.3. The van der Waals surface area contributed by atoms with E-state index in [1.807, 2.05) is 13.0 Å². The fraction of sp³-hybridized carbons (Fsp3) is 0.300. The van der Waals surface area contributed by atoms with Gasteiger partial charge in [0.05, 0.1) is 0 Å². The molecule has 0 fully saturated rings. The Balaban J connectivity index is 2.68. The van der Waals surface area contributed by atoms with Crippen molar-refractivity contribution < 1.29 is 4.79 Å². The molecule has 0 aliphatic heterocycles. The van der Waals surface area contributed by atoms with Crippen LogP contribution in [-0.4, -0.2) is 5.78 Å². The smallest absolute Gasteiger partial charge is 0.163 e. The van der Waals surface area contributed by atoms with Crippen LogP contribution in [0.2, 0.25) is 0 Å². The van der Waals surface area contributed by atoms with Crippen LogP contribution in [0.5, 0.6) is 0 Å². The van der Waals surface area contributed by atoms with E-state index in [4.69, 9.17) is 0 Å². The van der Waals surface area contributed by atoms with Crippen molar-refractivity contribution in [3.05, 3.63) is 33.3 Å². The number of aryl methyl sites for hydroxylation is 1. The van der Waals surface area contributed by atoms with Crippen LogP contribution in [0, 0.1) is 6.92 Å². The lowest BCUT2D eigenvalue weighted by Gasteiger charge is -2.02. The Labute approximate surface area is 79.9 Å². The molecule has 0 bridgehead atoms. The van der Waals surface area contributed by atoms with Crippen molar-refractivity contribution >= 4 is 21.7 Å². The van der Waals surface area contributed by atoms with E-state index >= 15 is 0 Å². The fourth-order valence-corrected chi connectivity index (χ4v) is 2.42. The minimum absolute atomic E-state index is 0.286. The molecular formula is C10H9BrO. The van der Waals surface area contributed by atoms with Crippen LogP contribution in [0.15, 0.2) is 16.6 Å². The minimum Gasteiger partial charge on any atom is -0.294 e. The van der Waals surface area contributed by atoms with Gasteiger partial charge in [0.25, 0.3) is 0 Å². The lowest BCUT2D eigenvalue weighted by atomic mass is 10.1. The van der Waals surface area contributed by atoms with Gasteiger partial charge in [-0.1, -0.05) is 15.9 Å². The quantitative estimate of drug-likeness (QED) is 0.663. The summed E-state index contributed by atoms with van der Waals surface area (Å²) in [6.45, 7) is 2.01. The second kappa shape index (κ2) is 2.70. The van der Waals surface area contributed by atoms with Crippen LogP contribution in [0.1, 0.15) is 27.9 Å². The van der Waals surface area contributed by atoms with Gasteiger partial charge in [0.2, 0.25) is 0 Å². The molecule has 62 valence electrons. The Kier molecular flexibility index (Phi) is 1.80. The molecule has 1 aliphatic carbocycles.